The number of aliphatic carboxylic acids is 1. The van der Waals surface area contributed by atoms with Gasteiger partial charge in [0, 0.05) is 25.3 Å². The van der Waals surface area contributed by atoms with Crippen LogP contribution < -0.4 is 10.6 Å². The van der Waals surface area contributed by atoms with Crippen molar-refractivity contribution in [2.24, 2.45) is 5.73 Å². The van der Waals surface area contributed by atoms with Crippen molar-refractivity contribution in [2.45, 2.75) is 25.2 Å². The molecule has 1 atom stereocenters. The number of nitrogens with two attached hydrogens (primary N) is 1. The SMILES string of the molecule is NC[C@H](C(=O)O)c1ccc(N2CCCCC2)cc1. The number of hydrogen-bond acceptors (Lipinski definition) is 3. The van der Waals surface area contributed by atoms with E-state index in [9.17, 15) is 4.79 Å². The van der Waals surface area contributed by atoms with E-state index in [1.54, 1.807) is 0 Å². The number of carboxylic acids is 1. The molecular formula is C14H20N2O2. The van der Waals surface area contributed by atoms with Crippen molar-refractivity contribution < 1.29 is 9.90 Å². The van der Waals surface area contributed by atoms with Crippen LogP contribution in [0.5, 0.6) is 0 Å². The lowest BCUT2D eigenvalue weighted by atomic mass is 9.99. The Labute approximate surface area is 107 Å². The summed E-state index contributed by atoms with van der Waals surface area (Å²) in [5.74, 6) is -1.45. The van der Waals surface area contributed by atoms with E-state index in [4.69, 9.17) is 10.8 Å². The quantitative estimate of drug-likeness (QED) is 0.852. The molecule has 0 spiro atoms. The lowest BCUT2D eigenvalue weighted by Gasteiger charge is -2.29. The molecule has 1 saturated heterocycles. The molecule has 1 aliphatic rings. The van der Waals surface area contributed by atoms with Crippen LogP contribution in [0.4, 0.5) is 5.69 Å². The summed E-state index contributed by atoms with van der Waals surface area (Å²) in [6.07, 6.45) is 3.79. The van der Waals surface area contributed by atoms with Gasteiger partial charge in [0.05, 0.1) is 5.92 Å². The standard InChI is InChI=1S/C14H20N2O2/c15-10-13(14(17)18)11-4-6-12(7-5-11)16-8-2-1-3-9-16/h4-7,13H,1-3,8-10,15H2,(H,17,18)/t13-/m0/s1. The lowest BCUT2D eigenvalue weighted by Crippen LogP contribution is -2.29. The average Bonchev–Trinajstić information content (AvgIpc) is 2.41. The van der Waals surface area contributed by atoms with E-state index in [1.807, 2.05) is 24.3 Å². The second-order valence-electron chi connectivity index (χ2n) is 4.77. The second kappa shape index (κ2) is 5.87. The Morgan fingerprint density at radius 1 is 1.22 bits per heavy atom. The number of anilines is 1. The predicted octanol–water partition coefficient (Wildman–Crippen LogP) is 1.80. The normalized spacial score (nSPS) is 17.5. The Morgan fingerprint density at radius 2 is 1.83 bits per heavy atom. The number of carbonyl (C=O) groups is 1. The van der Waals surface area contributed by atoms with Crippen molar-refractivity contribution in [3.8, 4) is 0 Å². The van der Waals surface area contributed by atoms with E-state index in [2.05, 4.69) is 4.90 Å². The van der Waals surface area contributed by atoms with Gasteiger partial charge in [-0.15, -0.1) is 0 Å². The van der Waals surface area contributed by atoms with Crippen LogP contribution in [0.2, 0.25) is 0 Å². The van der Waals surface area contributed by atoms with E-state index in [0.29, 0.717) is 0 Å². The molecule has 1 aromatic rings. The van der Waals surface area contributed by atoms with Crippen LogP contribution in [-0.4, -0.2) is 30.7 Å². The van der Waals surface area contributed by atoms with Gasteiger partial charge in [0.15, 0.2) is 0 Å². The van der Waals surface area contributed by atoms with E-state index in [-0.39, 0.29) is 6.54 Å². The van der Waals surface area contributed by atoms with Crippen molar-refractivity contribution in [3.05, 3.63) is 29.8 Å². The van der Waals surface area contributed by atoms with Gasteiger partial charge in [-0.25, -0.2) is 0 Å². The lowest BCUT2D eigenvalue weighted by molar-refractivity contribution is -0.138. The molecule has 4 nitrogen and oxygen atoms in total. The molecule has 0 bridgehead atoms. The fraction of sp³-hybridized carbons (Fsp3) is 0.500. The molecule has 1 heterocycles. The first-order valence-corrected chi connectivity index (χ1v) is 6.50. The van der Waals surface area contributed by atoms with Gasteiger partial charge in [-0.3, -0.25) is 4.79 Å². The summed E-state index contributed by atoms with van der Waals surface area (Å²) in [6, 6.07) is 7.78. The molecular weight excluding hydrogens is 228 g/mol. The summed E-state index contributed by atoms with van der Waals surface area (Å²) in [6.45, 7) is 2.33. The number of benzene rings is 1. The molecule has 1 fully saturated rings. The number of nitrogens with zero attached hydrogens (tertiary/aromatic N) is 1. The summed E-state index contributed by atoms with van der Waals surface area (Å²) in [5.41, 5.74) is 7.46. The Kier molecular flexibility index (Phi) is 4.20. The molecule has 0 aliphatic carbocycles. The number of hydrogen-bond donors (Lipinski definition) is 2. The van der Waals surface area contributed by atoms with E-state index < -0.39 is 11.9 Å². The Balaban J connectivity index is 2.11. The topological polar surface area (TPSA) is 66.6 Å². The minimum Gasteiger partial charge on any atom is -0.481 e. The van der Waals surface area contributed by atoms with Gasteiger partial charge in [0.1, 0.15) is 0 Å². The molecule has 98 valence electrons. The van der Waals surface area contributed by atoms with Gasteiger partial charge in [0.2, 0.25) is 0 Å². The third-order valence-electron chi connectivity index (χ3n) is 3.55. The number of carboxylic acid groups (broad SMARTS) is 1. The van der Waals surface area contributed by atoms with Crippen molar-refractivity contribution in [2.75, 3.05) is 24.5 Å². The highest BCUT2D eigenvalue weighted by atomic mass is 16.4. The fourth-order valence-corrected chi connectivity index (χ4v) is 2.45. The highest BCUT2D eigenvalue weighted by Gasteiger charge is 2.18. The van der Waals surface area contributed by atoms with Crippen molar-refractivity contribution in [1.82, 2.24) is 0 Å². The molecule has 0 aromatic heterocycles. The van der Waals surface area contributed by atoms with Crippen LogP contribution in [0.15, 0.2) is 24.3 Å². The molecule has 0 saturated carbocycles. The van der Waals surface area contributed by atoms with Crippen LogP contribution in [0.25, 0.3) is 0 Å². The maximum Gasteiger partial charge on any atom is 0.312 e. The van der Waals surface area contributed by atoms with Gasteiger partial charge >= 0.3 is 5.97 Å². The molecule has 2 rings (SSSR count). The molecule has 0 radical (unpaired) electrons. The Bertz CT molecular complexity index is 397. The van der Waals surface area contributed by atoms with Crippen LogP contribution in [0.1, 0.15) is 30.7 Å². The highest BCUT2D eigenvalue weighted by molar-refractivity contribution is 5.76. The molecule has 0 unspecified atom stereocenters. The fourth-order valence-electron chi connectivity index (χ4n) is 2.45. The van der Waals surface area contributed by atoms with Gasteiger partial charge < -0.3 is 15.7 Å². The summed E-state index contributed by atoms with van der Waals surface area (Å²) < 4.78 is 0. The second-order valence-corrected chi connectivity index (χ2v) is 4.77. The largest absolute Gasteiger partial charge is 0.481 e. The minimum atomic E-state index is -0.858. The molecule has 1 aliphatic heterocycles. The van der Waals surface area contributed by atoms with Gasteiger partial charge in [-0.05, 0) is 37.0 Å². The van der Waals surface area contributed by atoms with Gasteiger partial charge in [-0.1, -0.05) is 12.1 Å². The zero-order valence-electron chi connectivity index (χ0n) is 10.5. The van der Waals surface area contributed by atoms with Crippen LogP contribution >= 0.6 is 0 Å². The molecule has 18 heavy (non-hydrogen) atoms. The van der Waals surface area contributed by atoms with E-state index in [0.717, 1.165) is 18.7 Å². The summed E-state index contributed by atoms with van der Waals surface area (Å²) in [4.78, 5) is 13.4. The van der Waals surface area contributed by atoms with E-state index >= 15 is 0 Å². The molecule has 3 N–H and O–H groups in total. The monoisotopic (exact) mass is 248 g/mol. The predicted molar refractivity (Wildman–Crippen MR) is 71.9 cm³/mol. The first-order valence-electron chi connectivity index (χ1n) is 6.50. The molecule has 4 heteroatoms. The van der Waals surface area contributed by atoms with Crippen molar-refractivity contribution >= 4 is 11.7 Å². The van der Waals surface area contributed by atoms with Gasteiger partial charge in [-0.2, -0.15) is 0 Å². The Hall–Kier alpha value is -1.55. The van der Waals surface area contributed by atoms with Crippen LogP contribution in [-0.2, 0) is 4.79 Å². The zero-order valence-corrected chi connectivity index (χ0v) is 10.5. The minimum absolute atomic E-state index is 0.137. The molecule has 1 aromatic carbocycles. The average molecular weight is 248 g/mol. The molecule has 0 amide bonds. The third kappa shape index (κ3) is 2.82. The zero-order chi connectivity index (χ0) is 13.0. The van der Waals surface area contributed by atoms with E-state index in [1.165, 1.54) is 24.9 Å². The van der Waals surface area contributed by atoms with Crippen LogP contribution in [0.3, 0.4) is 0 Å². The van der Waals surface area contributed by atoms with Crippen LogP contribution in [0, 0.1) is 0 Å². The third-order valence-corrected chi connectivity index (χ3v) is 3.55. The van der Waals surface area contributed by atoms with Gasteiger partial charge in [0.25, 0.3) is 0 Å². The number of piperidine rings is 1. The summed E-state index contributed by atoms with van der Waals surface area (Å²) in [5, 5.41) is 9.05. The first-order chi connectivity index (χ1) is 8.72. The summed E-state index contributed by atoms with van der Waals surface area (Å²) >= 11 is 0. The number of rotatable bonds is 4. The summed E-state index contributed by atoms with van der Waals surface area (Å²) in [7, 11) is 0. The smallest absolute Gasteiger partial charge is 0.312 e. The van der Waals surface area contributed by atoms with Crippen molar-refractivity contribution in [1.29, 1.82) is 0 Å². The van der Waals surface area contributed by atoms with Crippen molar-refractivity contribution in [3.63, 3.8) is 0 Å². The maximum absolute atomic E-state index is 11.0. The highest BCUT2D eigenvalue weighted by Crippen LogP contribution is 2.23. The first kappa shape index (κ1) is 12.9. The maximum atomic E-state index is 11.0. The Morgan fingerprint density at radius 3 is 2.33 bits per heavy atom.